The first-order valence-electron chi connectivity index (χ1n) is 8.32. The molecule has 0 saturated carbocycles. The minimum atomic E-state index is 0. The summed E-state index contributed by atoms with van der Waals surface area (Å²) in [7, 11) is 5.78. The Labute approximate surface area is 163 Å². The van der Waals surface area contributed by atoms with E-state index in [9.17, 15) is 0 Å². The summed E-state index contributed by atoms with van der Waals surface area (Å²) in [6.45, 7) is 5.35. The predicted octanol–water partition coefficient (Wildman–Crippen LogP) is 2.64. The molecule has 0 atom stereocenters. The van der Waals surface area contributed by atoms with Gasteiger partial charge in [0.15, 0.2) is 5.96 Å². The molecule has 0 unspecified atom stereocenters. The van der Waals surface area contributed by atoms with Crippen LogP contribution in [-0.4, -0.2) is 51.8 Å². The Hall–Kier alpha value is -1.09. The number of aromatic nitrogens is 1. The summed E-state index contributed by atoms with van der Waals surface area (Å²) in [5.74, 6) is 1.77. The largest absolute Gasteiger partial charge is 0.381 e. The maximum absolute atomic E-state index is 5.55. The molecule has 2 N–H and O–H groups in total. The third kappa shape index (κ3) is 9.27. The summed E-state index contributed by atoms with van der Waals surface area (Å²) in [5, 5.41) is 6.63. The number of hydrogen-bond acceptors (Lipinski definition) is 4. The summed E-state index contributed by atoms with van der Waals surface area (Å²) >= 11 is 0. The fourth-order valence-electron chi connectivity index (χ4n) is 2.10. The maximum Gasteiger partial charge on any atom is 0.191 e. The van der Waals surface area contributed by atoms with E-state index in [1.165, 1.54) is 6.42 Å². The summed E-state index contributed by atoms with van der Waals surface area (Å²) in [6.07, 6.45) is 5.10. The number of aliphatic imine (C=N–C) groups is 1. The maximum atomic E-state index is 5.55. The van der Waals surface area contributed by atoms with Gasteiger partial charge in [-0.15, -0.1) is 24.0 Å². The summed E-state index contributed by atoms with van der Waals surface area (Å²) in [4.78, 5) is 10.7. The lowest BCUT2D eigenvalue weighted by molar-refractivity contribution is 0.129. The van der Waals surface area contributed by atoms with E-state index in [4.69, 9.17) is 4.74 Å². The Kier molecular flexibility index (Phi) is 13.6. The van der Waals surface area contributed by atoms with Crippen LogP contribution in [0.1, 0.15) is 31.7 Å². The molecular weight excluding hydrogens is 417 g/mol. The molecule has 0 aliphatic heterocycles. The van der Waals surface area contributed by atoms with E-state index >= 15 is 0 Å². The number of nitrogens with zero attached hydrogens (tertiary/aromatic N) is 3. The quantitative estimate of drug-likeness (QED) is 0.249. The third-order valence-corrected chi connectivity index (χ3v) is 3.36. The molecule has 7 heteroatoms. The molecule has 24 heavy (non-hydrogen) atoms. The lowest BCUT2D eigenvalue weighted by atomic mass is 10.2. The standard InChI is InChI=1S/C17H31N5O.HI/c1-5-6-12-23-13-8-11-20-17(18-2)21-14-15-9-7-10-19-16(15)22(3)4;/h7,9-10H,5-6,8,11-14H2,1-4H3,(H2,18,20,21);1H. The van der Waals surface area contributed by atoms with E-state index in [0.29, 0.717) is 6.54 Å². The van der Waals surface area contributed by atoms with Crippen molar-refractivity contribution >= 4 is 35.8 Å². The Morgan fingerprint density at radius 3 is 2.67 bits per heavy atom. The lowest BCUT2D eigenvalue weighted by Crippen LogP contribution is -2.37. The predicted molar refractivity (Wildman–Crippen MR) is 113 cm³/mol. The number of anilines is 1. The van der Waals surface area contributed by atoms with Crippen LogP contribution < -0.4 is 15.5 Å². The van der Waals surface area contributed by atoms with E-state index in [1.54, 1.807) is 7.05 Å². The van der Waals surface area contributed by atoms with Gasteiger partial charge in [0.05, 0.1) is 0 Å². The van der Waals surface area contributed by atoms with E-state index in [0.717, 1.165) is 49.9 Å². The van der Waals surface area contributed by atoms with Crippen LogP contribution in [0.5, 0.6) is 0 Å². The number of ether oxygens (including phenoxy) is 1. The Morgan fingerprint density at radius 2 is 2.00 bits per heavy atom. The number of halogens is 1. The highest BCUT2D eigenvalue weighted by molar-refractivity contribution is 14.0. The summed E-state index contributed by atoms with van der Waals surface area (Å²) in [5.41, 5.74) is 1.14. The topological polar surface area (TPSA) is 61.8 Å². The molecule has 1 aromatic rings. The number of nitrogens with one attached hydrogen (secondary N) is 2. The van der Waals surface area contributed by atoms with Crippen LogP contribution in [0.3, 0.4) is 0 Å². The van der Waals surface area contributed by atoms with Crippen molar-refractivity contribution < 1.29 is 4.74 Å². The van der Waals surface area contributed by atoms with Crippen LogP contribution in [0, 0.1) is 0 Å². The van der Waals surface area contributed by atoms with Crippen LogP contribution in [-0.2, 0) is 11.3 Å². The third-order valence-electron chi connectivity index (χ3n) is 3.36. The van der Waals surface area contributed by atoms with Gasteiger partial charge in [-0.3, -0.25) is 4.99 Å². The molecule has 0 fully saturated rings. The zero-order chi connectivity index (χ0) is 16.9. The van der Waals surface area contributed by atoms with Crippen molar-refractivity contribution in [1.82, 2.24) is 15.6 Å². The van der Waals surface area contributed by atoms with E-state index < -0.39 is 0 Å². The second-order valence-electron chi connectivity index (χ2n) is 5.55. The van der Waals surface area contributed by atoms with E-state index in [2.05, 4.69) is 33.6 Å². The van der Waals surface area contributed by atoms with E-state index in [-0.39, 0.29) is 24.0 Å². The molecule has 0 aliphatic carbocycles. The highest BCUT2D eigenvalue weighted by atomic mass is 127. The molecule has 0 saturated heterocycles. The number of hydrogen-bond donors (Lipinski definition) is 2. The number of unbranched alkanes of at least 4 members (excludes halogenated alkanes) is 1. The smallest absolute Gasteiger partial charge is 0.191 e. The molecule has 0 radical (unpaired) electrons. The molecule has 0 aromatic carbocycles. The molecule has 1 aromatic heterocycles. The fourth-order valence-corrected chi connectivity index (χ4v) is 2.10. The first kappa shape index (κ1) is 22.9. The average Bonchev–Trinajstić information content (AvgIpc) is 2.57. The molecule has 6 nitrogen and oxygen atoms in total. The van der Waals surface area contributed by atoms with Gasteiger partial charge >= 0.3 is 0 Å². The van der Waals surface area contributed by atoms with Crippen LogP contribution >= 0.6 is 24.0 Å². The second-order valence-corrected chi connectivity index (χ2v) is 5.55. The minimum absolute atomic E-state index is 0. The zero-order valence-electron chi connectivity index (χ0n) is 15.3. The molecular formula is C17H32IN5O. The molecule has 0 bridgehead atoms. The van der Waals surface area contributed by atoms with Crippen LogP contribution in [0.4, 0.5) is 5.82 Å². The monoisotopic (exact) mass is 449 g/mol. The minimum Gasteiger partial charge on any atom is -0.381 e. The SMILES string of the molecule is CCCCOCCCNC(=NC)NCc1cccnc1N(C)C.I. The normalized spacial score (nSPS) is 10.9. The summed E-state index contributed by atoms with van der Waals surface area (Å²) < 4.78 is 5.55. The zero-order valence-corrected chi connectivity index (χ0v) is 17.7. The number of rotatable bonds is 10. The van der Waals surface area contributed by atoms with Gasteiger partial charge < -0.3 is 20.3 Å². The van der Waals surface area contributed by atoms with Crippen molar-refractivity contribution in [2.75, 3.05) is 45.8 Å². The first-order chi connectivity index (χ1) is 11.2. The average molecular weight is 449 g/mol. The van der Waals surface area contributed by atoms with Gasteiger partial charge in [-0.1, -0.05) is 19.4 Å². The van der Waals surface area contributed by atoms with Gasteiger partial charge in [0.1, 0.15) is 5.82 Å². The first-order valence-corrected chi connectivity index (χ1v) is 8.32. The van der Waals surface area contributed by atoms with Gasteiger partial charge in [-0.2, -0.15) is 0 Å². The van der Waals surface area contributed by atoms with Crippen molar-refractivity contribution in [1.29, 1.82) is 0 Å². The summed E-state index contributed by atoms with van der Waals surface area (Å²) in [6, 6.07) is 4.03. The van der Waals surface area contributed by atoms with E-state index in [1.807, 2.05) is 31.3 Å². The van der Waals surface area contributed by atoms with Gasteiger partial charge in [-0.25, -0.2) is 4.98 Å². The highest BCUT2D eigenvalue weighted by Gasteiger charge is 2.06. The molecule has 0 aliphatic rings. The van der Waals surface area contributed by atoms with Crippen molar-refractivity contribution in [2.45, 2.75) is 32.7 Å². The van der Waals surface area contributed by atoms with Gasteiger partial charge in [-0.05, 0) is 18.9 Å². The molecule has 0 amide bonds. The van der Waals surface area contributed by atoms with Crippen molar-refractivity contribution in [3.05, 3.63) is 23.9 Å². The van der Waals surface area contributed by atoms with Crippen molar-refractivity contribution in [3.63, 3.8) is 0 Å². The molecule has 0 spiro atoms. The van der Waals surface area contributed by atoms with Crippen molar-refractivity contribution in [2.24, 2.45) is 4.99 Å². The Morgan fingerprint density at radius 1 is 1.25 bits per heavy atom. The highest BCUT2D eigenvalue weighted by Crippen LogP contribution is 2.13. The molecule has 138 valence electrons. The second kappa shape index (κ2) is 14.3. The van der Waals surface area contributed by atoms with Gasteiger partial charge in [0.25, 0.3) is 0 Å². The molecule has 1 rings (SSSR count). The Balaban J connectivity index is 0.00000529. The van der Waals surface area contributed by atoms with Crippen molar-refractivity contribution in [3.8, 4) is 0 Å². The number of guanidine groups is 1. The fraction of sp³-hybridized carbons (Fsp3) is 0.647. The van der Waals surface area contributed by atoms with Gasteiger partial charge in [0.2, 0.25) is 0 Å². The Bertz CT molecular complexity index is 468. The van der Waals surface area contributed by atoms with Gasteiger partial charge in [0, 0.05) is 59.2 Å². The lowest BCUT2D eigenvalue weighted by Gasteiger charge is -2.17. The van der Waals surface area contributed by atoms with Crippen LogP contribution in [0.2, 0.25) is 0 Å². The van der Waals surface area contributed by atoms with Crippen LogP contribution in [0.15, 0.2) is 23.3 Å². The molecule has 1 heterocycles. The number of pyridine rings is 1. The van der Waals surface area contributed by atoms with Crippen LogP contribution in [0.25, 0.3) is 0 Å².